The van der Waals surface area contributed by atoms with E-state index in [1.165, 1.54) is 17.3 Å². The summed E-state index contributed by atoms with van der Waals surface area (Å²) in [7, 11) is 1.67. The van der Waals surface area contributed by atoms with Crippen LogP contribution in [0.1, 0.15) is 36.6 Å². The zero-order chi connectivity index (χ0) is 20.5. The lowest BCUT2D eigenvalue weighted by atomic mass is 10.0. The topological polar surface area (TPSA) is 60.2 Å². The minimum absolute atomic E-state index is 0.0988. The molecule has 0 radical (unpaired) electrons. The van der Waals surface area contributed by atoms with Crippen LogP contribution in [0, 0.1) is 0 Å². The van der Waals surface area contributed by atoms with Crippen molar-refractivity contribution in [1.29, 1.82) is 0 Å². The minimum atomic E-state index is 0.0988. The highest BCUT2D eigenvalue weighted by Gasteiger charge is 2.31. The standard InChI is InChI=1S/C23H24N4O2S/c1-29-19-11-12-20-17(14-19)6-5-13-26(20)21(28)15-30-23-25-24-22(16-9-10-16)27(23)18-7-3-2-4-8-18/h2-4,7-8,11-12,14,16H,5-6,9-10,13,15H2,1H3. The molecule has 6 nitrogen and oxygen atoms in total. The lowest BCUT2D eigenvalue weighted by molar-refractivity contribution is -0.116. The van der Waals surface area contributed by atoms with Gasteiger partial charge in [0.25, 0.3) is 0 Å². The molecule has 0 atom stereocenters. The van der Waals surface area contributed by atoms with E-state index in [1.807, 2.05) is 41.3 Å². The van der Waals surface area contributed by atoms with E-state index in [0.717, 1.165) is 60.3 Å². The third-order valence-corrected chi connectivity index (χ3v) is 6.56. The van der Waals surface area contributed by atoms with Gasteiger partial charge >= 0.3 is 0 Å². The summed E-state index contributed by atoms with van der Waals surface area (Å²) in [6.45, 7) is 0.747. The van der Waals surface area contributed by atoms with Gasteiger partial charge < -0.3 is 9.64 Å². The number of carbonyl (C=O) groups is 1. The average Bonchev–Trinajstić information content (AvgIpc) is 3.56. The first kappa shape index (κ1) is 19.2. The summed E-state index contributed by atoms with van der Waals surface area (Å²) in [6.07, 6.45) is 4.24. The van der Waals surface area contributed by atoms with E-state index >= 15 is 0 Å². The number of fused-ring (bicyclic) bond motifs is 1. The van der Waals surface area contributed by atoms with Gasteiger partial charge in [0, 0.05) is 23.8 Å². The minimum Gasteiger partial charge on any atom is -0.497 e. The summed E-state index contributed by atoms with van der Waals surface area (Å²) in [5.74, 6) is 2.75. The number of nitrogens with zero attached hydrogens (tertiary/aromatic N) is 4. The van der Waals surface area contributed by atoms with Gasteiger partial charge in [-0.1, -0.05) is 30.0 Å². The Morgan fingerprint density at radius 1 is 1.17 bits per heavy atom. The molecule has 1 saturated carbocycles. The van der Waals surface area contributed by atoms with Crippen molar-refractivity contribution in [2.24, 2.45) is 0 Å². The summed E-state index contributed by atoms with van der Waals surface area (Å²) in [6, 6.07) is 16.1. The van der Waals surface area contributed by atoms with E-state index in [0.29, 0.717) is 11.7 Å². The van der Waals surface area contributed by atoms with Crippen LogP contribution in [0.4, 0.5) is 5.69 Å². The molecule has 30 heavy (non-hydrogen) atoms. The number of benzene rings is 2. The summed E-state index contributed by atoms with van der Waals surface area (Å²) >= 11 is 1.47. The summed E-state index contributed by atoms with van der Waals surface area (Å²) in [5.41, 5.74) is 3.22. The number of aryl methyl sites for hydroxylation is 1. The third kappa shape index (κ3) is 3.69. The molecular weight excluding hydrogens is 396 g/mol. The summed E-state index contributed by atoms with van der Waals surface area (Å²) < 4.78 is 7.45. The number of aromatic nitrogens is 3. The lowest BCUT2D eigenvalue weighted by Crippen LogP contribution is -2.36. The first-order valence-electron chi connectivity index (χ1n) is 10.4. The first-order valence-corrected chi connectivity index (χ1v) is 11.3. The van der Waals surface area contributed by atoms with Crippen molar-refractivity contribution in [2.75, 3.05) is 24.3 Å². The maximum Gasteiger partial charge on any atom is 0.237 e. The quantitative estimate of drug-likeness (QED) is 0.559. The molecule has 154 valence electrons. The zero-order valence-electron chi connectivity index (χ0n) is 17.0. The van der Waals surface area contributed by atoms with Gasteiger partial charge in [-0.2, -0.15) is 0 Å². The van der Waals surface area contributed by atoms with Crippen LogP contribution in [-0.4, -0.2) is 40.1 Å². The van der Waals surface area contributed by atoms with Crippen LogP contribution in [0.25, 0.3) is 5.69 Å². The van der Waals surface area contributed by atoms with Gasteiger partial charge in [-0.25, -0.2) is 0 Å². The molecule has 1 amide bonds. The highest BCUT2D eigenvalue weighted by Crippen LogP contribution is 2.41. The number of para-hydroxylation sites is 1. The van der Waals surface area contributed by atoms with Gasteiger partial charge in [0.05, 0.1) is 12.9 Å². The Labute approximate surface area is 180 Å². The number of carbonyl (C=O) groups excluding carboxylic acids is 1. The van der Waals surface area contributed by atoms with Gasteiger partial charge in [0.2, 0.25) is 5.91 Å². The van der Waals surface area contributed by atoms with Gasteiger partial charge in [0.15, 0.2) is 5.16 Å². The van der Waals surface area contributed by atoms with E-state index in [2.05, 4.69) is 26.9 Å². The van der Waals surface area contributed by atoms with Crippen LogP contribution < -0.4 is 9.64 Å². The van der Waals surface area contributed by atoms with E-state index in [-0.39, 0.29) is 5.91 Å². The SMILES string of the molecule is COc1ccc2c(c1)CCCN2C(=O)CSc1nnc(C2CC2)n1-c1ccccc1. The van der Waals surface area contributed by atoms with Crippen molar-refractivity contribution in [3.63, 3.8) is 0 Å². The molecule has 0 bridgehead atoms. The first-order chi connectivity index (χ1) is 14.7. The number of methoxy groups -OCH3 is 1. The fraction of sp³-hybridized carbons (Fsp3) is 0.348. The molecule has 2 aromatic carbocycles. The fourth-order valence-electron chi connectivity index (χ4n) is 3.96. The molecular formula is C23H24N4O2S. The second kappa shape index (κ2) is 8.14. The maximum atomic E-state index is 13.1. The van der Waals surface area contributed by atoms with E-state index in [1.54, 1.807) is 7.11 Å². The second-order valence-electron chi connectivity index (χ2n) is 7.72. The predicted octanol–water partition coefficient (Wildman–Crippen LogP) is 4.22. The number of hydrogen-bond acceptors (Lipinski definition) is 5. The average molecular weight is 421 g/mol. The number of rotatable bonds is 6. The Bertz CT molecular complexity index is 1060. The number of amides is 1. The zero-order valence-corrected chi connectivity index (χ0v) is 17.8. The maximum absolute atomic E-state index is 13.1. The van der Waals surface area contributed by atoms with Crippen molar-refractivity contribution in [3.05, 3.63) is 59.9 Å². The molecule has 7 heteroatoms. The molecule has 1 fully saturated rings. The second-order valence-corrected chi connectivity index (χ2v) is 8.66. The van der Waals surface area contributed by atoms with Gasteiger partial charge in [-0.3, -0.25) is 9.36 Å². The molecule has 3 aromatic rings. The fourth-order valence-corrected chi connectivity index (χ4v) is 4.80. The van der Waals surface area contributed by atoms with Crippen LogP contribution >= 0.6 is 11.8 Å². The molecule has 0 N–H and O–H groups in total. The molecule has 5 rings (SSSR count). The van der Waals surface area contributed by atoms with Crippen molar-refractivity contribution >= 4 is 23.4 Å². The highest BCUT2D eigenvalue weighted by molar-refractivity contribution is 7.99. The molecule has 0 unspecified atom stereocenters. The van der Waals surface area contributed by atoms with Crippen LogP contribution in [0.3, 0.4) is 0 Å². The smallest absolute Gasteiger partial charge is 0.237 e. The molecule has 0 spiro atoms. The van der Waals surface area contributed by atoms with Gasteiger partial charge in [0.1, 0.15) is 11.6 Å². The third-order valence-electron chi connectivity index (χ3n) is 5.65. The number of anilines is 1. The van der Waals surface area contributed by atoms with Crippen LogP contribution in [0.2, 0.25) is 0 Å². The van der Waals surface area contributed by atoms with Crippen LogP contribution in [0.5, 0.6) is 5.75 Å². The molecule has 1 aromatic heterocycles. The van der Waals surface area contributed by atoms with Crippen molar-refractivity contribution in [1.82, 2.24) is 14.8 Å². The highest BCUT2D eigenvalue weighted by atomic mass is 32.2. The Morgan fingerprint density at radius 2 is 2.00 bits per heavy atom. The Balaban J connectivity index is 1.36. The predicted molar refractivity (Wildman–Crippen MR) is 118 cm³/mol. The Hall–Kier alpha value is -2.80. The number of ether oxygens (including phenoxy) is 1. The van der Waals surface area contributed by atoms with Gasteiger partial charge in [-0.15, -0.1) is 10.2 Å². The van der Waals surface area contributed by atoms with E-state index in [9.17, 15) is 4.79 Å². The molecule has 2 heterocycles. The summed E-state index contributed by atoms with van der Waals surface area (Å²) in [4.78, 5) is 15.0. The summed E-state index contributed by atoms with van der Waals surface area (Å²) in [5, 5.41) is 9.66. The largest absolute Gasteiger partial charge is 0.497 e. The van der Waals surface area contributed by atoms with Crippen molar-refractivity contribution in [3.8, 4) is 11.4 Å². The van der Waals surface area contributed by atoms with Crippen molar-refractivity contribution < 1.29 is 9.53 Å². The Kier molecular flexibility index (Phi) is 5.21. The Morgan fingerprint density at radius 3 is 2.77 bits per heavy atom. The number of thioether (sulfide) groups is 1. The van der Waals surface area contributed by atoms with E-state index in [4.69, 9.17) is 4.74 Å². The van der Waals surface area contributed by atoms with E-state index < -0.39 is 0 Å². The molecule has 2 aliphatic rings. The molecule has 0 saturated heterocycles. The van der Waals surface area contributed by atoms with Gasteiger partial charge in [-0.05, 0) is 61.6 Å². The normalized spacial score (nSPS) is 15.7. The number of hydrogen-bond donors (Lipinski definition) is 0. The molecule has 1 aliphatic heterocycles. The lowest BCUT2D eigenvalue weighted by Gasteiger charge is -2.29. The van der Waals surface area contributed by atoms with Crippen molar-refractivity contribution in [2.45, 2.75) is 36.8 Å². The molecule has 1 aliphatic carbocycles. The monoisotopic (exact) mass is 420 g/mol. The van der Waals surface area contributed by atoms with Crippen LogP contribution in [0.15, 0.2) is 53.7 Å². The van der Waals surface area contributed by atoms with Crippen LogP contribution in [-0.2, 0) is 11.2 Å².